The van der Waals surface area contributed by atoms with Crippen molar-refractivity contribution in [1.82, 2.24) is 0 Å². The fourth-order valence-electron chi connectivity index (χ4n) is 3.19. The monoisotopic (exact) mass is 378 g/mol. The van der Waals surface area contributed by atoms with Crippen LogP contribution in [0.25, 0.3) is 44.2 Å². The molecule has 0 radical (unpaired) electrons. The van der Waals surface area contributed by atoms with Gasteiger partial charge in [-0.3, -0.25) is 0 Å². The highest BCUT2D eigenvalue weighted by Crippen LogP contribution is 2.40. The van der Waals surface area contributed by atoms with Crippen molar-refractivity contribution in [3.63, 3.8) is 0 Å². The second kappa shape index (κ2) is 5.40. The molecule has 5 aromatic rings. The van der Waals surface area contributed by atoms with Gasteiger partial charge in [0.2, 0.25) is 0 Å². The van der Waals surface area contributed by atoms with Gasteiger partial charge in [-0.2, -0.15) is 0 Å². The Labute approximate surface area is 154 Å². The van der Waals surface area contributed by atoms with Crippen molar-refractivity contribution in [1.29, 1.82) is 0 Å². The van der Waals surface area contributed by atoms with Gasteiger partial charge in [0, 0.05) is 12.1 Å². The number of hydrogen-bond acceptors (Lipinski definition) is 8. The van der Waals surface area contributed by atoms with Gasteiger partial charge in [0.1, 0.15) is 33.6 Å². The van der Waals surface area contributed by atoms with E-state index in [0.29, 0.717) is 11.0 Å². The molecule has 2 aromatic carbocycles. The van der Waals surface area contributed by atoms with E-state index < -0.39 is 28.5 Å². The number of phenols is 2. The summed E-state index contributed by atoms with van der Waals surface area (Å²) in [7, 11) is 0. The molecule has 0 bridgehead atoms. The third-order valence-corrected chi connectivity index (χ3v) is 4.51. The van der Waals surface area contributed by atoms with E-state index in [4.69, 9.17) is 13.3 Å². The number of phenolic OH excluding ortho intramolecular Hbond substituents is 2. The molecule has 138 valence electrons. The second-order valence-electron chi connectivity index (χ2n) is 6.19. The lowest BCUT2D eigenvalue weighted by Crippen LogP contribution is -2.03. The summed E-state index contributed by atoms with van der Waals surface area (Å²) >= 11 is 0. The smallest absolute Gasteiger partial charge is 0.351 e. The first-order chi connectivity index (χ1) is 13.4. The summed E-state index contributed by atoms with van der Waals surface area (Å²) < 4.78 is 16.1. The van der Waals surface area contributed by atoms with E-state index in [1.807, 2.05) is 0 Å². The molecule has 8 heteroatoms. The van der Waals surface area contributed by atoms with Crippen LogP contribution in [0.3, 0.4) is 0 Å². The van der Waals surface area contributed by atoms with Crippen LogP contribution in [0.5, 0.6) is 17.2 Å². The molecular weight excluding hydrogens is 368 g/mol. The molecule has 0 saturated carbocycles. The number of fused-ring (bicyclic) bond motifs is 4. The molecule has 0 atom stereocenters. The van der Waals surface area contributed by atoms with Crippen molar-refractivity contribution < 1.29 is 28.6 Å². The quantitative estimate of drug-likeness (QED) is 0.298. The minimum Gasteiger partial charge on any atom is -0.506 e. The molecule has 3 aromatic heterocycles. The van der Waals surface area contributed by atoms with Crippen LogP contribution in [0, 0.1) is 0 Å². The fourth-order valence-corrected chi connectivity index (χ4v) is 3.19. The largest absolute Gasteiger partial charge is 0.506 e. The van der Waals surface area contributed by atoms with E-state index in [9.17, 15) is 24.9 Å². The summed E-state index contributed by atoms with van der Waals surface area (Å²) in [4.78, 5) is 24.7. The molecule has 3 N–H and O–H groups in total. The zero-order valence-electron chi connectivity index (χ0n) is 13.9. The second-order valence-corrected chi connectivity index (χ2v) is 6.19. The zero-order valence-corrected chi connectivity index (χ0v) is 13.9. The Morgan fingerprint density at radius 3 is 2.21 bits per heavy atom. The first kappa shape index (κ1) is 16.0. The maximum atomic E-state index is 12.4. The van der Waals surface area contributed by atoms with Gasteiger partial charge in [0.05, 0.1) is 10.8 Å². The Bertz CT molecular complexity index is 1530. The Kier molecular flexibility index (Phi) is 3.09. The van der Waals surface area contributed by atoms with Crippen LogP contribution in [0.4, 0.5) is 0 Å². The van der Waals surface area contributed by atoms with Gasteiger partial charge < -0.3 is 28.6 Å². The van der Waals surface area contributed by atoms with E-state index in [1.165, 1.54) is 6.07 Å². The van der Waals surface area contributed by atoms with Crippen LogP contribution in [-0.2, 0) is 0 Å². The molecule has 0 aliphatic heterocycles. The van der Waals surface area contributed by atoms with Gasteiger partial charge in [-0.15, -0.1) is 0 Å². The lowest BCUT2D eigenvalue weighted by atomic mass is 10.1. The molecule has 0 unspecified atom stereocenters. The predicted molar refractivity (Wildman–Crippen MR) is 98.7 cm³/mol. The normalized spacial score (nSPS) is 11.6. The lowest BCUT2D eigenvalue weighted by Gasteiger charge is -2.05. The molecule has 0 fully saturated rings. The third-order valence-electron chi connectivity index (χ3n) is 4.51. The number of rotatable bonds is 1. The number of para-hydroxylation sites is 1. The van der Waals surface area contributed by atoms with Crippen molar-refractivity contribution in [2.75, 3.05) is 0 Å². The maximum Gasteiger partial charge on any atom is 0.351 e. The number of furan rings is 1. The molecule has 0 saturated heterocycles. The van der Waals surface area contributed by atoms with Gasteiger partial charge in [-0.1, -0.05) is 12.1 Å². The van der Waals surface area contributed by atoms with Crippen LogP contribution in [-0.4, -0.2) is 15.3 Å². The van der Waals surface area contributed by atoms with E-state index >= 15 is 0 Å². The molecule has 0 aliphatic carbocycles. The SMILES string of the molecule is O=c1oc2cc(O)c(O)cc2c(O)c1-c1cc2c(=O)oc3ccccc3c2o1. The highest BCUT2D eigenvalue weighted by molar-refractivity contribution is 6.02. The van der Waals surface area contributed by atoms with Crippen molar-refractivity contribution in [2.24, 2.45) is 0 Å². The third kappa shape index (κ3) is 2.11. The maximum absolute atomic E-state index is 12.4. The number of aromatic hydroxyl groups is 3. The standard InChI is InChI=1S/C20H10O8/c21-11-5-9-14(7-12(11)22)28-20(25)16(17(9)23)15-6-10-18(26-15)8-3-1-2-4-13(8)27-19(10)24/h1-7,21-23H. The van der Waals surface area contributed by atoms with Crippen LogP contribution >= 0.6 is 0 Å². The van der Waals surface area contributed by atoms with Gasteiger partial charge in [-0.05, 0) is 18.2 Å². The average molecular weight is 378 g/mol. The van der Waals surface area contributed by atoms with Crippen LogP contribution < -0.4 is 11.3 Å². The summed E-state index contributed by atoms with van der Waals surface area (Å²) in [6, 6.07) is 10.1. The fraction of sp³-hybridized carbons (Fsp3) is 0. The predicted octanol–water partition coefficient (Wildman–Crippen LogP) is 3.43. The first-order valence-electron chi connectivity index (χ1n) is 8.11. The molecule has 5 rings (SSSR count). The Morgan fingerprint density at radius 2 is 1.39 bits per heavy atom. The summed E-state index contributed by atoms with van der Waals surface area (Å²) in [5.41, 5.74) is -1.52. The number of benzene rings is 2. The van der Waals surface area contributed by atoms with Gasteiger partial charge in [0.25, 0.3) is 0 Å². The molecule has 0 spiro atoms. The minimum atomic E-state index is -0.942. The van der Waals surface area contributed by atoms with Crippen LogP contribution in [0.1, 0.15) is 0 Å². The van der Waals surface area contributed by atoms with E-state index in [1.54, 1.807) is 24.3 Å². The van der Waals surface area contributed by atoms with E-state index in [-0.39, 0.29) is 33.3 Å². The summed E-state index contributed by atoms with van der Waals surface area (Å²) in [6.07, 6.45) is 0. The topological polar surface area (TPSA) is 134 Å². The summed E-state index contributed by atoms with van der Waals surface area (Å²) in [5, 5.41) is 30.4. The molecule has 0 amide bonds. The molecule has 8 nitrogen and oxygen atoms in total. The molecular formula is C20H10O8. The Hall–Kier alpha value is -4.20. The Morgan fingerprint density at radius 1 is 0.679 bits per heavy atom. The van der Waals surface area contributed by atoms with Crippen LogP contribution in [0.15, 0.2) is 65.3 Å². The van der Waals surface area contributed by atoms with Gasteiger partial charge in [-0.25, -0.2) is 9.59 Å². The van der Waals surface area contributed by atoms with Gasteiger partial charge in [0.15, 0.2) is 17.1 Å². The molecule has 3 heterocycles. The van der Waals surface area contributed by atoms with E-state index in [0.717, 1.165) is 12.1 Å². The average Bonchev–Trinajstić information content (AvgIpc) is 3.09. The van der Waals surface area contributed by atoms with Crippen LogP contribution in [0.2, 0.25) is 0 Å². The molecule has 0 aliphatic rings. The summed E-state index contributed by atoms with van der Waals surface area (Å²) in [5.74, 6) is -1.62. The lowest BCUT2D eigenvalue weighted by molar-refractivity contribution is 0.402. The number of hydrogen-bond donors (Lipinski definition) is 3. The minimum absolute atomic E-state index is 0.0118. The van der Waals surface area contributed by atoms with Crippen molar-refractivity contribution >= 4 is 32.9 Å². The highest BCUT2D eigenvalue weighted by atomic mass is 16.4. The highest BCUT2D eigenvalue weighted by Gasteiger charge is 2.22. The van der Waals surface area contributed by atoms with Gasteiger partial charge >= 0.3 is 11.3 Å². The zero-order chi connectivity index (χ0) is 19.6. The van der Waals surface area contributed by atoms with E-state index in [2.05, 4.69) is 0 Å². The molecule has 28 heavy (non-hydrogen) atoms. The van der Waals surface area contributed by atoms with Crippen molar-refractivity contribution in [2.45, 2.75) is 0 Å². The van der Waals surface area contributed by atoms with Crippen molar-refractivity contribution in [3.05, 3.63) is 63.3 Å². The summed E-state index contributed by atoms with van der Waals surface area (Å²) in [6.45, 7) is 0. The Balaban J connectivity index is 1.88. The van der Waals surface area contributed by atoms with Crippen molar-refractivity contribution in [3.8, 4) is 28.6 Å². The first-order valence-corrected chi connectivity index (χ1v) is 8.11.